The summed E-state index contributed by atoms with van der Waals surface area (Å²) in [7, 11) is 0. The Morgan fingerprint density at radius 1 is 1.04 bits per heavy atom. The molecule has 2 amide bonds. The zero-order valence-corrected chi connectivity index (χ0v) is 14.6. The van der Waals surface area contributed by atoms with Crippen LogP contribution >= 0.6 is 0 Å². The summed E-state index contributed by atoms with van der Waals surface area (Å²) in [5.41, 5.74) is 0. The van der Waals surface area contributed by atoms with Gasteiger partial charge in [-0.3, -0.25) is 9.59 Å². The molecule has 0 N–H and O–H groups in total. The van der Waals surface area contributed by atoms with Crippen LogP contribution in [0.3, 0.4) is 0 Å². The highest BCUT2D eigenvalue weighted by Crippen LogP contribution is 2.11. The lowest BCUT2D eigenvalue weighted by Gasteiger charge is -2.35. The lowest BCUT2D eigenvalue weighted by Crippen LogP contribution is -2.50. The van der Waals surface area contributed by atoms with Gasteiger partial charge in [-0.05, 0) is 18.9 Å². The van der Waals surface area contributed by atoms with Gasteiger partial charge in [0.1, 0.15) is 6.42 Å². The topological polar surface area (TPSA) is 69.6 Å². The molecule has 2 heterocycles. The van der Waals surface area contributed by atoms with Gasteiger partial charge in [-0.15, -0.1) is 0 Å². The Morgan fingerprint density at radius 3 is 2.17 bits per heavy atom. The van der Waals surface area contributed by atoms with Crippen LogP contribution in [0.2, 0.25) is 0 Å². The van der Waals surface area contributed by atoms with Crippen LogP contribution in [0.25, 0.3) is 0 Å². The molecule has 0 bridgehead atoms. The monoisotopic (exact) mass is 333 g/mol. The molecular formula is C17H27N5O2. The second kappa shape index (κ2) is 9.20. The first-order valence-electron chi connectivity index (χ1n) is 8.73. The molecule has 2 rings (SSSR count). The minimum Gasteiger partial charge on any atom is -0.342 e. The first-order chi connectivity index (χ1) is 11.7. The largest absolute Gasteiger partial charge is 0.342 e. The van der Waals surface area contributed by atoms with Crippen molar-refractivity contribution in [1.29, 1.82) is 0 Å². The number of amides is 2. The predicted molar refractivity (Wildman–Crippen MR) is 92.6 cm³/mol. The van der Waals surface area contributed by atoms with Crippen molar-refractivity contribution in [2.75, 3.05) is 44.2 Å². The van der Waals surface area contributed by atoms with Crippen molar-refractivity contribution in [2.24, 2.45) is 0 Å². The maximum atomic E-state index is 12.4. The maximum absolute atomic E-state index is 12.4. The smallest absolute Gasteiger partial charge is 0.232 e. The molecule has 24 heavy (non-hydrogen) atoms. The summed E-state index contributed by atoms with van der Waals surface area (Å²) in [5.74, 6) is 0.557. The van der Waals surface area contributed by atoms with E-state index in [1.165, 1.54) is 0 Å². The van der Waals surface area contributed by atoms with Crippen LogP contribution in [-0.4, -0.2) is 70.9 Å². The second-order valence-electron chi connectivity index (χ2n) is 5.97. The predicted octanol–water partition coefficient (Wildman–Crippen LogP) is 1.16. The third kappa shape index (κ3) is 4.91. The molecule has 7 heteroatoms. The normalized spacial score (nSPS) is 14.6. The van der Waals surface area contributed by atoms with Crippen LogP contribution in [-0.2, 0) is 9.59 Å². The molecule has 0 aromatic carbocycles. The highest BCUT2D eigenvalue weighted by atomic mass is 16.2. The van der Waals surface area contributed by atoms with Crippen molar-refractivity contribution >= 4 is 17.8 Å². The molecule has 1 fully saturated rings. The molecule has 1 saturated heterocycles. The van der Waals surface area contributed by atoms with Gasteiger partial charge in [0.05, 0.1) is 0 Å². The Balaban J connectivity index is 1.83. The minimum atomic E-state index is -0.0779. The van der Waals surface area contributed by atoms with Gasteiger partial charge in [-0.1, -0.05) is 13.8 Å². The molecule has 1 aromatic rings. The van der Waals surface area contributed by atoms with E-state index in [2.05, 4.69) is 14.9 Å². The number of hydrogen-bond acceptors (Lipinski definition) is 5. The summed E-state index contributed by atoms with van der Waals surface area (Å²) in [5, 5.41) is 0. The number of rotatable bonds is 7. The van der Waals surface area contributed by atoms with Crippen molar-refractivity contribution in [3.8, 4) is 0 Å². The Kier molecular flexibility index (Phi) is 6.96. The molecule has 0 unspecified atom stereocenters. The van der Waals surface area contributed by atoms with E-state index in [-0.39, 0.29) is 18.2 Å². The molecule has 1 aliphatic rings. The zero-order chi connectivity index (χ0) is 17.4. The van der Waals surface area contributed by atoms with Crippen LogP contribution in [0, 0.1) is 0 Å². The SMILES string of the molecule is CCCN(CCC)C(=O)CC(=O)N1CCN(c2ncccn2)CC1. The first-order valence-corrected chi connectivity index (χ1v) is 8.73. The van der Waals surface area contributed by atoms with E-state index in [1.54, 1.807) is 28.3 Å². The van der Waals surface area contributed by atoms with Gasteiger partial charge >= 0.3 is 0 Å². The van der Waals surface area contributed by atoms with Crippen molar-refractivity contribution < 1.29 is 9.59 Å². The average molecular weight is 333 g/mol. The highest BCUT2D eigenvalue weighted by molar-refractivity contribution is 5.97. The third-order valence-corrected chi connectivity index (χ3v) is 4.11. The lowest BCUT2D eigenvalue weighted by atomic mass is 10.2. The van der Waals surface area contributed by atoms with E-state index in [9.17, 15) is 9.59 Å². The highest BCUT2D eigenvalue weighted by Gasteiger charge is 2.25. The Bertz CT molecular complexity index is 523. The number of anilines is 1. The van der Waals surface area contributed by atoms with E-state index >= 15 is 0 Å². The molecule has 0 spiro atoms. The number of aromatic nitrogens is 2. The van der Waals surface area contributed by atoms with Gasteiger partial charge < -0.3 is 14.7 Å². The van der Waals surface area contributed by atoms with Crippen molar-refractivity contribution in [3.05, 3.63) is 18.5 Å². The van der Waals surface area contributed by atoms with Gasteiger partial charge in [0.25, 0.3) is 0 Å². The summed E-state index contributed by atoms with van der Waals surface area (Å²) in [6.07, 6.45) is 5.23. The van der Waals surface area contributed by atoms with Gasteiger partial charge in [-0.2, -0.15) is 0 Å². The maximum Gasteiger partial charge on any atom is 0.232 e. The van der Waals surface area contributed by atoms with Crippen molar-refractivity contribution in [3.63, 3.8) is 0 Å². The average Bonchev–Trinajstić information content (AvgIpc) is 2.62. The number of piperazine rings is 1. The number of hydrogen-bond donors (Lipinski definition) is 0. The molecule has 1 aromatic heterocycles. The molecule has 1 aliphatic heterocycles. The van der Waals surface area contributed by atoms with E-state index in [0.717, 1.165) is 25.9 Å². The quantitative estimate of drug-likeness (QED) is 0.701. The van der Waals surface area contributed by atoms with Crippen LogP contribution in [0.4, 0.5) is 5.95 Å². The van der Waals surface area contributed by atoms with Crippen LogP contribution in [0.1, 0.15) is 33.1 Å². The standard InChI is InChI=1S/C17H27N5O2/c1-3-8-20(9-4-2)15(23)14-16(24)21-10-12-22(13-11-21)17-18-6-5-7-19-17/h5-7H,3-4,8-14H2,1-2H3. The summed E-state index contributed by atoms with van der Waals surface area (Å²) < 4.78 is 0. The van der Waals surface area contributed by atoms with Crippen LogP contribution in [0.15, 0.2) is 18.5 Å². The van der Waals surface area contributed by atoms with Gasteiger partial charge in [-0.25, -0.2) is 9.97 Å². The van der Waals surface area contributed by atoms with Crippen molar-refractivity contribution in [2.45, 2.75) is 33.1 Å². The molecule has 132 valence electrons. The summed E-state index contributed by atoms with van der Waals surface area (Å²) in [4.78, 5) is 38.8. The molecule has 0 aliphatic carbocycles. The summed E-state index contributed by atoms with van der Waals surface area (Å²) in [6.45, 7) is 8.12. The molecule has 0 atom stereocenters. The summed E-state index contributed by atoms with van der Waals surface area (Å²) in [6, 6.07) is 1.78. The second-order valence-corrected chi connectivity index (χ2v) is 5.97. The zero-order valence-electron chi connectivity index (χ0n) is 14.6. The molecule has 0 saturated carbocycles. The van der Waals surface area contributed by atoms with Crippen LogP contribution < -0.4 is 4.90 Å². The molecule has 0 radical (unpaired) electrons. The fraction of sp³-hybridized carbons (Fsp3) is 0.647. The van der Waals surface area contributed by atoms with E-state index in [4.69, 9.17) is 0 Å². The third-order valence-electron chi connectivity index (χ3n) is 4.11. The van der Waals surface area contributed by atoms with E-state index in [0.29, 0.717) is 32.1 Å². The molecule has 7 nitrogen and oxygen atoms in total. The van der Waals surface area contributed by atoms with Crippen molar-refractivity contribution in [1.82, 2.24) is 19.8 Å². The summed E-state index contributed by atoms with van der Waals surface area (Å²) >= 11 is 0. The van der Waals surface area contributed by atoms with E-state index < -0.39 is 0 Å². The molecular weight excluding hydrogens is 306 g/mol. The number of carbonyl (C=O) groups is 2. The fourth-order valence-corrected chi connectivity index (χ4v) is 2.86. The Labute approximate surface area is 143 Å². The lowest BCUT2D eigenvalue weighted by molar-refractivity contribution is -0.140. The van der Waals surface area contributed by atoms with Crippen LogP contribution in [0.5, 0.6) is 0 Å². The van der Waals surface area contributed by atoms with Gasteiger partial charge in [0.2, 0.25) is 17.8 Å². The first kappa shape index (κ1) is 18.2. The van der Waals surface area contributed by atoms with E-state index in [1.807, 2.05) is 13.8 Å². The number of nitrogens with zero attached hydrogens (tertiary/aromatic N) is 5. The number of carbonyl (C=O) groups excluding carboxylic acids is 2. The Hall–Kier alpha value is -2.18. The minimum absolute atomic E-state index is 0.0260. The Morgan fingerprint density at radius 2 is 1.62 bits per heavy atom. The van der Waals surface area contributed by atoms with Gasteiger partial charge in [0.15, 0.2) is 0 Å². The fourth-order valence-electron chi connectivity index (χ4n) is 2.86. The van der Waals surface area contributed by atoms with Gasteiger partial charge in [0, 0.05) is 51.7 Å².